The van der Waals surface area contributed by atoms with Gasteiger partial charge in [0.2, 0.25) is 0 Å². The Kier molecular flexibility index (Phi) is 4.08. The van der Waals surface area contributed by atoms with Gasteiger partial charge < -0.3 is 0 Å². The number of amides is 1. The van der Waals surface area contributed by atoms with E-state index in [0.717, 1.165) is 11.3 Å². The van der Waals surface area contributed by atoms with Gasteiger partial charge in [0, 0.05) is 23.3 Å². The van der Waals surface area contributed by atoms with Gasteiger partial charge in [0.1, 0.15) is 0 Å². The van der Waals surface area contributed by atoms with Crippen molar-refractivity contribution in [2.75, 3.05) is 5.32 Å². The van der Waals surface area contributed by atoms with E-state index >= 15 is 0 Å². The standard InChI is InChI=1S/C15H11N3O2S2/c1-9(19)12-4-5-13(22-12)14(20)18-15-17-11(8-21-15)10-3-2-6-16-7-10/h2-8H,1H3,(H,17,18,20). The first kappa shape index (κ1) is 14.6. The van der Waals surface area contributed by atoms with Gasteiger partial charge in [-0.25, -0.2) is 4.98 Å². The molecule has 3 rings (SSSR count). The molecule has 5 nitrogen and oxygen atoms in total. The fourth-order valence-corrected chi connectivity index (χ4v) is 3.30. The van der Waals surface area contributed by atoms with Gasteiger partial charge in [-0.05, 0) is 31.2 Å². The van der Waals surface area contributed by atoms with Crippen molar-refractivity contribution in [2.24, 2.45) is 0 Å². The van der Waals surface area contributed by atoms with Crippen molar-refractivity contribution in [2.45, 2.75) is 6.92 Å². The summed E-state index contributed by atoms with van der Waals surface area (Å²) >= 11 is 2.52. The first-order valence-electron chi connectivity index (χ1n) is 6.41. The van der Waals surface area contributed by atoms with E-state index in [4.69, 9.17) is 0 Å². The lowest BCUT2D eigenvalue weighted by atomic mass is 10.2. The van der Waals surface area contributed by atoms with E-state index in [1.165, 1.54) is 29.6 Å². The molecular weight excluding hydrogens is 318 g/mol. The molecule has 0 saturated carbocycles. The highest BCUT2D eigenvalue weighted by Crippen LogP contribution is 2.25. The summed E-state index contributed by atoms with van der Waals surface area (Å²) in [5.74, 6) is -0.304. The smallest absolute Gasteiger partial charge is 0.267 e. The molecule has 0 aromatic carbocycles. The third-order valence-electron chi connectivity index (χ3n) is 2.86. The Labute approximate surface area is 134 Å². The summed E-state index contributed by atoms with van der Waals surface area (Å²) in [5, 5.41) is 5.13. The Morgan fingerprint density at radius 2 is 2.00 bits per heavy atom. The summed E-state index contributed by atoms with van der Waals surface area (Å²) in [4.78, 5) is 32.9. The summed E-state index contributed by atoms with van der Waals surface area (Å²) < 4.78 is 0. The quantitative estimate of drug-likeness (QED) is 0.740. The molecule has 0 aliphatic carbocycles. The Morgan fingerprint density at radius 1 is 1.18 bits per heavy atom. The topological polar surface area (TPSA) is 72.0 Å². The Morgan fingerprint density at radius 3 is 2.68 bits per heavy atom. The number of thiophene rings is 1. The van der Waals surface area contributed by atoms with Crippen LogP contribution in [0.5, 0.6) is 0 Å². The van der Waals surface area contributed by atoms with Crippen LogP contribution in [0.1, 0.15) is 26.3 Å². The van der Waals surface area contributed by atoms with Gasteiger partial charge in [-0.3, -0.25) is 19.9 Å². The number of thiazole rings is 1. The number of rotatable bonds is 4. The monoisotopic (exact) mass is 329 g/mol. The van der Waals surface area contributed by atoms with Crippen LogP contribution in [0.25, 0.3) is 11.3 Å². The molecule has 0 aliphatic heterocycles. The largest absolute Gasteiger partial charge is 0.297 e. The predicted octanol–water partition coefficient (Wildman–Crippen LogP) is 3.72. The summed E-state index contributed by atoms with van der Waals surface area (Å²) in [6.45, 7) is 1.48. The second-order valence-corrected chi connectivity index (χ2v) is 6.40. The van der Waals surface area contributed by atoms with Crippen LogP contribution in [-0.2, 0) is 0 Å². The van der Waals surface area contributed by atoms with Gasteiger partial charge >= 0.3 is 0 Å². The highest BCUT2D eigenvalue weighted by Gasteiger charge is 2.13. The van der Waals surface area contributed by atoms with Crippen LogP contribution in [0, 0.1) is 0 Å². The summed E-state index contributed by atoms with van der Waals surface area (Å²) in [7, 11) is 0. The summed E-state index contributed by atoms with van der Waals surface area (Å²) in [5.41, 5.74) is 1.67. The van der Waals surface area contributed by atoms with E-state index < -0.39 is 0 Å². The maximum Gasteiger partial charge on any atom is 0.267 e. The first-order valence-corrected chi connectivity index (χ1v) is 8.11. The number of ketones is 1. The number of nitrogens with zero attached hydrogens (tertiary/aromatic N) is 2. The third-order valence-corrected chi connectivity index (χ3v) is 4.80. The highest BCUT2D eigenvalue weighted by atomic mass is 32.1. The molecule has 7 heteroatoms. The SMILES string of the molecule is CC(=O)c1ccc(C(=O)Nc2nc(-c3cccnc3)cs2)s1. The van der Waals surface area contributed by atoms with Crippen molar-refractivity contribution in [3.8, 4) is 11.3 Å². The molecule has 1 N–H and O–H groups in total. The number of hydrogen-bond donors (Lipinski definition) is 1. The predicted molar refractivity (Wildman–Crippen MR) is 87.6 cm³/mol. The molecular formula is C15H11N3O2S2. The summed E-state index contributed by atoms with van der Waals surface area (Å²) in [6.07, 6.45) is 3.42. The van der Waals surface area contributed by atoms with Gasteiger partial charge in [-0.1, -0.05) is 0 Å². The summed E-state index contributed by atoms with van der Waals surface area (Å²) in [6, 6.07) is 7.05. The Bertz CT molecular complexity index is 824. The molecule has 0 spiro atoms. The number of nitrogens with one attached hydrogen (secondary N) is 1. The van der Waals surface area contributed by atoms with E-state index in [2.05, 4.69) is 15.3 Å². The minimum atomic E-state index is -0.260. The van der Waals surface area contributed by atoms with Gasteiger partial charge in [-0.15, -0.1) is 22.7 Å². The molecule has 110 valence electrons. The highest BCUT2D eigenvalue weighted by molar-refractivity contribution is 7.16. The first-order chi connectivity index (χ1) is 10.6. The van der Waals surface area contributed by atoms with Crippen molar-refractivity contribution in [1.29, 1.82) is 0 Å². The molecule has 0 unspecified atom stereocenters. The molecule has 22 heavy (non-hydrogen) atoms. The van der Waals surface area contributed by atoms with Crippen LogP contribution < -0.4 is 5.32 Å². The van der Waals surface area contributed by atoms with Crippen molar-refractivity contribution in [3.05, 3.63) is 51.8 Å². The third kappa shape index (κ3) is 3.10. The maximum absolute atomic E-state index is 12.1. The van der Waals surface area contributed by atoms with Crippen molar-refractivity contribution < 1.29 is 9.59 Å². The average molecular weight is 329 g/mol. The number of carbonyl (C=O) groups excluding carboxylic acids is 2. The molecule has 0 aliphatic rings. The minimum Gasteiger partial charge on any atom is -0.297 e. The van der Waals surface area contributed by atoms with E-state index in [1.54, 1.807) is 24.5 Å². The minimum absolute atomic E-state index is 0.0443. The number of aromatic nitrogens is 2. The molecule has 3 heterocycles. The van der Waals surface area contributed by atoms with Gasteiger partial charge in [0.05, 0.1) is 15.4 Å². The molecule has 3 aromatic heterocycles. The molecule has 0 bridgehead atoms. The average Bonchev–Trinajstić information content (AvgIpc) is 3.17. The van der Waals surface area contributed by atoms with Gasteiger partial charge in [-0.2, -0.15) is 0 Å². The lowest BCUT2D eigenvalue weighted by Gasteiger charge is -1.98. The number of pyridine rings is 1. The van der Waals surface area contributed by atoms with Crippen LogP contribution in [-0.4, -0.2) is 21.7 Å². The number of hydrogen-bond acceptors (Lipinski definition) is 6. The van der Waals surface area contributed by atoms with E-state index in [1.807, 2.05) is 17.5 Å². The molecule has 0 fully saturated rings. The van der Waals surface area contributed by atoms with Gasteiger partial charge in [0.25, 0.3) is 5.91 Å². The molecule has 3 aromatic rings. The zero-order valence-electron chi connectivity index (χ0n) is 11.6. The maximum atomic E-state index is 12.1. The van der Waals surface area contributed by atoms with Crippen LogP contribution in [0.3, 0.4) is 0 Å². The zero-order chi connectivity index (χ0) is 15.5. The fourth-order valence-electron chi connectivity index (χ4n) is 1.79. The number of Topliss-reactive ketones (excluding diaryl/α,β-unsaturated/α-hetero) is 1. The molecule has 0 radical (unpaired) electrons. The van der Waals surface area contributed by atoms with Crippen LogP contribution in [0.2, 0.25) is 0 Å². The van der Waals surface area contributed by atoms with Crippen molar-refractivity contribution >= 4 is 39.5 Å². The van der Waals surface area contributed by atoms with Crippen LogP contribution in [0.15, 0.2) is 42.0 Å². The van der Waals surface area contributed by atoms with E-state index in [-0.39, 0.29) is 11.7 Å². The van der Waals surface area contributed by atoms with Gasteiger partial charge in [0.15, 0.2) is 10.9 Å². The second kappa shape index (κ2) is 6.17. The fraction of sp³-hybridized carbons (Fsp3) is 0.0667. The van der Waals surface area contributed by atoms with Crippen LogP contribution in [0.4, 0.5) is 5.13 Å². The lowest BCUT2D eigenvalue weighted by Crippen LogP contribution is -2.09. The molecule has 0 saturated heterocycles. The van der Waals surface area contributed by atoms with E-state index in [0.29, 0.717) is 14.9 Å². The lowest BCUT2D eigenvalue weighted by molar-refractivity contribution is 0.101. The van der Waals surface area contributed by atoms with Crippen molar-refractivity contribution in [1.82, 2.24) is 9.97 Å². The van der Waals surface area contributed by atoms with Crippen LogP contribution >= 0.6 is 22.7 Å². The van der Waals surface area contributed by atoms with E-state index in [9.17, 15) is 9.59 Å². The molecule has 1 amide bonds. The number of carbonyl (C=O) groups is 2. The van der Waals surface area contributed by atoms with Crippen molar-refractivity contribution in [3.63, 3.8) is 0 Å². The molecule has 0 atom stereocenters. The normalized spacial score (nSPS) is 10.4. The second-order valence-electron chi connectivity index (χ2n) is 4.45. The zero-order valence-corrected chi connectivity index (χ0v) is 13.2. The Balaban J connectivity index is 1.74. The number of anilines is 1. The Hall–Kier alpha value is -2.38.